The van der Waals surface area contributed by atoms with E-state index in [0.717, 1.165) is 10.9 Å². The van der Waals surface area contributed by atoms with Crippen LogP contribution in [0.3, 0.4) is 0 Å². The van der Waals surface area contributed by atoms with Gasteiger partial charge in [-0.1, -0.05) is 23.2 Å². The third-order valence-electron chi connectivity index (χ3n) is 2.75. The summed E-state index contributed by atoms with van der Waals surface area (Å²) in [4.78, 5) is 0. The second-order valence-corrected chi connectivity index (χ2v) is 4.94. The van der Waals surface area contributed by atoms with Gasteiger partial charge in [0.2, 0.25) is 0 Å². The lowest BCUT2D eigenvalue weighted by Crippen LogP contribution is -1.88. The zero-order chi connectivity index (χ0) is 14.1. The molecule has 0 unspecified atom stereocenters. The highest BCUT2D eigenvalue weighted by molar-refractivity contribution is 8.93. The zero-order valence-electron chi connectivity index (χ0n) is 10.4. The molecule has 0 radical (unpaired) electrons. The lowest BCUT2D eigenvalue weighted by Gasteiger charge is -2.09. The molecule has 1 aromatic heterocycles. The Morgan fingerprint density at radius 3 is 2.76 bits per heavy atom. The molecule has 0 atom stereocenters. The first-order valence-corrected chi connectivity index (χ1v) is 6.43. The molecule has 0 aliphatic heterocycles. The number of benzene rings is 2. The summed E-state index contributed by atoms with van der Waals surface area (Å²) >= 11 is 12.1. The lowest BCUT2D eigenvalue weighted by atomic mass is 10.2. The van der Waals surface area contributed by atoms with Gasteiger partial charge in [-0.25, -0.2) is 0 Å². The largest absolute Gasteiger partial charge is 0.455 e. The standard InChI is InChI=1S/C14H7Cl2N3O.BrH/c15-9-3-8(6-17)4-10(5-9)20-14-11-7-18-19-13(11)2-1-12(14)16;/h1-5,7H,(H,18,19);1H. The van der Waals surface area contributed by atoms with Crippen molar-refractivity contribution in [3.63, 3.8) is 0 Å². The predicted molar refractivity (Wildman–Crippen MR) is 87.7 cm³/mol. The number of H-pyrrole nitrogens is 1. The van der Waals surface area contributed by atoms with E-state index in [1.54, 1.807) is 30.5 Å². The van der Waals surface area contributed by atoms with Crippen LogP contribution in [0.5, 0.6) is 11.5 Å². The zero-order valence-corrected chi connectivity index (χ0v) is 13.7. The van der Waals surface area contributed by atoms with Gasteiger partial charge in [0.15, 0.2) is 5.75 Å². The van der Waals surface area contributed by atoms with Gasteiger partial charge in [0.25, 0.3) is 0 Å². The molecule has 0 bridgehead atoms. The van der Waals surface area contributed by atoms with Gasteiger partial charge in [-0.15, -0.1) is 17.0 Å². The number of rotatable bonds is 2. The smallest absolute Gasteiger partial charge is 0.156 e. The van der Waals surface area contributed by atoms with Crippen molar-refractivity contribution >= 4 is 51.1 Å². The monoisotopic (exact) mass is 383 g/mol. The third kappa shape index (κ3) is 3.13. The quantitative estimate of drug-likeness (QED) is 0.667. The van der Waals surface area contributed by atoms with Gasteiger partial charge in [-0.3, -0.25) is 5.10 Å². The Bertz CT molecular complexity index is 842. The maximum atomic E-state index is 8.94. The maximum absolute atomic E-state index is 8.94. The minimum absolute atomic E-state index is 0. The number of fused-ring (bicyclic) bond motifs is 1. The van der Waals surface area contributed by atoms with Crippen LogP contribution in [-0.4, -0.2) is 10.2 Å². The van der Waals surface area contributed by atoms with Gasteiger partial charge < -0.3 is 4.74 Å². The van der Waals surface area contributed by atoms with E-state index in [-0.39, 0.29) is 17.0 Å². The SMILES string of the molecule is Br.N#Cc1cc(Cl)cc(Oc2c(Cl)ccc3[nH]ncc23)c1. The van der Waals surface area contributed by atoms with Crippen molar-refractivity contribution in [2.45, 2.75) is 0 Å². The van der Waals surface area contributed by atoms with Crippen molar-refractivity contribution in [2.24, 2.45) is 0 Å². The molecule has 7 heteroatoms. The van der Waals surface area contributed by atoms with Crippen LogP contribution in [0.25, 0.3) is 10.9 Å². The highest BCUT2D eigenvalue weighted by Crippen LogP contribution is 2.36. The van der Waals surface area contributed by atoms with Gasteiger partial charge >= 0.3 is 0 Å². The van der Waals surface area contributed by atoms with E-state index in [9.17, 15) is 0 Å². The normalized spacial score (nSPS) is 9.95. The number of nitrogens with zero attached hydrogens (tertiary/aromatic N) is 2. The molecule has 0 aliphatic rings. The van der Waals surface area contributed by atoms with Crippen molar-refractivity contribution in [3.05, 3.63) is 52.1 Å². The summed E-state index contributed by atoms with van der Waals surface area (Å²) in [6, 6.07) is 10.3. The summed E-state index contributed by atoms with van der Waals surface area (Å²) in [6.07, 6.45) is 1.63. The van der Waals surface area contributed by atoms with Crippen LogP contribution in [0.2, 0.25) is 10.0 Å². The molecule has 21 heavy (non-hydrogen) atoms. The van der Waals surface area contributed by atoms with Crippen LogP contribution >= 0.6 is 40.2 Å². The van der Waals surface area contributed by atoms with E-state index in [1.165, 1.54) is 0 Å². The van der Waals surface area contributed by atoms with Crippen LogP contribution in [0.4, 0.5) is 0 Å². The Morgan fingerprint density at radius 2 is 2.00 bits per heavy atom. The number of ether oxygens (including phenoxy) is 1. The summed E-state index contributed by atoms with van der Waals surface area (Å²) in [6.45, 7) is 0. The van der Waals surface area contributed by atoms with Gasteiger partial charge in [-0.2, -0.15) is 10.4 Å². The van der Waals surface area contributed by atoms with Gasteiger partial charge in [-0.05, 0) is 30.3 Å². The van der Waals surface area contributed by atoms with Crippen LogP contribution in [0, 0.1) is 11.3 Å². The first-order chi connectivity index (χ1) is 9.67. The Labute approximate surface area is 141 Å². The van der Waals surface area contributed by atoms with Crippen molar-refractivity contribution in [2.75, 3.05) is 0 Å². The average Bonchev–Trinajstić information content (AvgIpc) is 2.90. The Morgan fingerprint density at radius 1 is 1.19 bits per heavy atom. The molecule has 1 N–H and O–H groups in total. The molecular weight excluding hydrogens is 377 g/mol. The van der Waals surface area contributed by atoms with Crippen molar-refractivity contribution in [1.29, 1.82) is 5.26 Å². The Kier molecular flexibility index (Phi) is 4.73. The number of aromatic amines is 1. The number of halogens is 3. The number of hydrogen-bond acceptors (Lipinski definition) is 3. The second-order valence-electron chi connectivity index (χ2n) is 4.10. The molecule has 2 aromatic carbocycles. The summed E-state index contributed by atoms with van der Waals surface area (Å²) in [5, 5.41) is 17.4. The Hall–Kier alpha value is -1.74. The van der Waals surface area contributed by atoms with E-state index >= 15 is 0 Å². The lowest BCUT2D eigenvalue weighted by molar-refractivity contribution is 0.488. The molecule has 0 spiro atoms. The first kappa shape index (κ1) is 15.6. The summed E-state index contributed by atoms with van der Waals surface area (Å²) < 4.78 is 5.78. The Balaban J connectivity index is 0.00000161. The number of nitriles is 1. The van der Waals surface area contributed by atoms with Gasteiger partial charge in [0.1, 0.15) is 5.75 Å². The molecule has 3 aromatic rings. The molecule has 0 amide bonds. The fourth-order valence-corrected chi connectivity index (χ4v) is 2.30. The van der Waals surface area contributed by atoms with Gasteiger partial charge in [0.05, 0.1) is 33.8 Å². The van der Waals surface area contributed by atoms with E-state index in [0.29, 0.717) is 27.1 Å². The van der Waals surface area contributed by atoms with E-state index < -0.39 is 0 Å². The van der Waals surface area contributed by atoms with Crippen LogP contribution in [0.15, 0.2) is 36.5 Å². The molecule has 0 aliphatic carbocycles. The van der Waals surface area contributed by atoms with E-state index in [1.807, 2.05) is 12.1 Å². The first-order valence-electron chi connectivity index (χ1n) is 5.67. The number of aromatic nitrogens is 2. The predicted octanol–water partition coefficient (Wildman–Crippen LogP) is 5.11. The second kappa shape index (κ2) is 6.35. The maximum Gasteiger partial charge on any atom is 0.156 e. The summed E-state index contributed by atoms with van der Waals surface area (Å²) in [5.41, 5.74) is 1.23. The molecular formula is C14H8BrCl2N3O. The molecule has 4 nitrogen and oxygen atoms in total. The summed E-state index contributed by atoms with van der Waals surface area (Å²) in [7, 11) is 0. The van der Waals surface area contributed by atoms with E-state index in [2.05, 4.69) is 10.2 Å². The minimum atomic E-state index is 0. The van der Waals surface area contributed by atoms with Crippen molar-refractivity contribution in [1.82, 2.24) is 10.2 Å². The highest BCUT2D eigenvalue weighted by atomic mass is 79.9. The van der Waals surface area contributed by atoms with Crippen LogP contribution < -0.4 is 4.74 Å². The minimum Gasteiger partial charge on any atom is -0.455 e. The number of nitrogens with one attached hydrogen (secondary N) is 1. The fourth-order valence-electron chi connectivity index (χ4n) is 1.87. The third-order valence-corrected chi connectivity index (χ3v) is 3.26. The average molecular weight is 385 g/mol. The van der Waals surface area contributed by atoms with Gasteiger partial charge in [0, 0.05) is 5.02 Å². The molecule has 0 saturated heterocycles. The summed E-state index contributed by atoms with van der Waals surface area (Å²) in [5.74, 6) is 0.925. The molecule has 106 valence electrons. The van der Waals surface area contributed by atoms with E-state index in [4.69, 9.17) is 33.2 Å². The van der Waals surface area contributed by atoms with Crippen LogP contribution in [-0.2, 0) is 0 Å². The molecule has 0 saturated carbocycles. The van der Waals surface area contributed by atoms with Crippen molar-refractivity contribution < 1.29 is 4.74 Å². The fraction of sp³-hybridized carbons (Fsp3) is 0. The topological polar surface area (TPSA) is 61.7 Å². The molecule has 3 rings (SSSR count). The van der Waals surface area contributed by atoms with Crippen LogP contribution in [0.1, 0.15) is 5.56 Å². The molecule has 0 fully saturated rings. The molecule has 1 heterocycles. The number of hydrogen-bond donors (Lipinski definition) is 1. The van der Waals surface area contributed by atoms with Crippen molar-refractivity contribution in [3.8, 4) is 17.6 Å². The highest BCUT2D eigenvalue weighted by Gasteiger charge is 2.11.